The van der Waals surface area contributed by atoms with Gasteiger partial charge in [0.1, 0.15) is 0 Å². The van der Waals surface area contributed by atoms with E-state index in [9.17, 15) is 4.79 Å². The second-order valence-electron chi connectivity index (χ2n) is 7.35. The highest BCUT2D eigenvalue weighted by atomic mass is 35.5. The van der Waals surface area contributed by atoms with E-state index in [2.05, 4.69) is 29.2 Å². The third-order valence-corrected chi connectivity index (χ3v) is 5.63. The predicted octanol–water partition coefficient (Wildman–Crippen LogP) is 2.18. The zero-order valence-electron chi connectivity index (χ0n) is 14.4. The molecule has 0 spiro atoms. The number of hydrogen-bond donors (Lipinski definition) is 1. The highest BCUT2D eigenvalue weighted by molar-refractivity contribution is 5.85. The van der Waals surface area contributed by atoms with Crippen molar-refractivity contribution in [2.45, 2.75) is 39.0 Å². The summed E-state index contributed by atoms with van der Waals surface area (Å²) >= 11 is 0. The molecule has 2 fully saturated rings. The van der Waals surface area contributed by atoms with Crippen molar-refractivity contribution in [3.05, 3.63) is 18.0 Å². The van der Waals surface area contributed by atoms with Gasteiger partial charge in [-0.1, -0.05) is 13.8 Å². The van der Waals surface area contributed by atoms with Gasteiger partial charge in [-0.15, -0.1) is 12.4 Å². The van der Waals surface area contributed by atoms with Crippen LogP contribution in [0.5, 0.6) is 0 Å². The number of carbonyl (C=O) groups excluding carboxylic acids is 1. The molecule has 1 aromatic heterocycles. The van der Waals surface area contributed by atoms with Gasteiger partial charge >= 0.3 is 0 Å². The molecule has 2 aliphatic rings. The molecule has 3 heterocycles. The van der Waals surface area contributed by atoms with E-state index < -0.39 is 0 Å². The van der Waals surface area contributed by atoms with E-state index in [1.165, 1.54) is 12.0 Å². The Morgan fingerprint density at radius 2 is 2.26 bits per heavy atom. The molecule has 0 aromatic carbocycles. The average molecular weight is 341 g/mol. The van der Waals surface area contributed by atoms with Gasteiger partial charge in [0, 0.05) is 45.3 Å². The van der Waals surface area contributed by atoms with Gasteiger partial charge in [-0.25, -0.2) is 0 Å². The van der Waals surface area contributed by atoms with Crippen molar-refractivity contribution in [3.8, 4) is 0 Å². The van der Waals surface area contributed by atoms with Crippen LogP contribution in [0.1, 0.15) is 44.6 Å². The zero-order chi connectivity index (χ0) is 15.7. The fraction of sp³-hybridized carbons (Fsp3) is 0.765. The van der Waals surface area contributed by atoms with Crippen LogP contribution in [0.25, 0.3) is 0 Å². The Balaban J connectivity index is 0.00000192. The quantitative estimate of drug-likeness (QED) is 0.917. The van der Waals surface area contributed by atoms with E-state index in [0.29, 0.717) is 11.3 Å². The highest BCUT2D eigenvalue weighted by Crippen LogP contribution is 2.35. The number of nitrogens with one attached hydrogen (secondary N) is 1. The van der Waals surface area contributed by atoms with Crippen LogP contribution >= 0.6 is 12.4 Å². The molecular weight excluding hydrogens is 312 g/mol. The number of likely N-dealkylation sites (tertiary alicyclic amines) is 1. The van der Waals surface area contributed by atoms with Crippen molar-refractivity contribution in [3.63, 3.8) is 0 Å². The Morgan fingerprint density at radius 1 is 1.48 bits per heavy atom. The van der Waals surface area contributed by atoms with Crippen molar-refractivity contribution < 1.29 is 4.79 Å². The molecule has 1 amide bonds. The van der Waals surface area contributed by atoms with Gasteiger partial charge < -0.3 is 10.2 Å². The molecule has 0 radical (unpaired) electrons. The Hall–Kier alpha value is -1.07. The van der Waals surface area contributed by atoms with Crippen molar-refractivity contribution >= 4 is 18.3 Å². The van der Waals surface area contributed by atoms with E-state index in [1.807, 2.05) is 24.1 Å². The van der Waals surface area contributed by atoms with E-state index in [-0.39, 0.29) is 24.2 Å². The van der Waals surface area contributed by atoms with Crippen LogP contribution in [0.3, 0.4) is 0 Å². The van der Waals surface area contributed by atoms with Crippen LogP contribution in [-0.2, 0) is 11.8 Å². The molecule has 3 rings (SSSR count). The molecule has 2 aliphatic heterocycles. The Labute approximate surface area is 145 Å². The smallest absolute Gasteiger partial charge is 0.227 e. The van der Waals surface area contributed by atoms with Crippen LogP contribution in [0.15, 0.2) is 12.4 Å². The SMILES string of the molecule is CCC1(C)CCCN(C(=O)[C@H]2CNC[C@@H]2c2cnn(C)c2)C1.Cl. The molecule has 0 bridgehead atoms. The molecule has 23 heavy (non-hydrogen) atoms. The van der Waals surface area contributed by atoms with Crippen molar-refractivity contribution in [1.29, 1.82) is 0 Å². The van der Waals surface area contributed by atoms with Crippen molar-refractivity contribution in [2.24, 2.45) is 18.4 Å². The number of piperidine rings is 1. The van der Waals surface area contributed by atoms with E-state index in [0.717, 1.165) is 39.0 Å². The van der Waals surface area contributed by atoms with Gasteiger partial charge in [-0.3, -0.25) is 9.48 Å². The average Bonchev–Trinajstić information content (AvgIpc) is 3.15. The molecule has 130 valence electrons. The third-order valence-electron chi connectivity index (χ3n) is 5.63. The van der Waals surface area contributed by atoms with E-state index >= 15 is 0 Å². The first-order valence-electron chi connectivity index (χ1n) is 8.50. The van der Waals surface area contributed by atoms with Crippen LogP contribution in [0.4, 0.5) is 0 Å². The van der Waals surface area contributed by atoms with Gasteiger partial charge in [-0.2, -0.15) is 5.10 Å². The molecule has 2 saturated heterocycles. The summed E-state index contributed by atoms with van der Waals surface area (Å²) in [5.41, 5.74) is 1.48. The monoisotopic (exact) mass is 340 g/mol. The minimum absolute atomic E-state index is 0. The lowest BCUT2D eigenvalue weighted by Crippen LogP contribution is -2.48. The fourth-order valence-corrected chi connectivity index (χ4v) is 3.95. The molecule has 1 aromatic rings. The maximum atomic E-state index is 13.1. The minimum atomic E-state index is 0. The first-order valence-corrected chi connectivity index (χ1v) is 8.50. The first kappa shape index (κ1) is 18.3. The summed E-state index contributed by atoms with van der Waals surface area (Å²) < 4.78 is 1.82. The standard InChI is InChI=1S/C17H28N4O.ClH/c1-4-17(2)6-5-7-21(12-17)16(22)15-10-18-9-14(15)13-8-19-20(3)11-13;/h8,11,14-15,18H,4-7,9-10,12H2,1-3H3;1H/t14-,15+,17?;/m1./s1. The minimum Gasteiger partial charge on any atom is -0.342 e. The topological polar surface area (TPSA) is 50.2 Å². The van der Waals surface area contributed by atoms with Gasteiger partial charge in [0.25, 0.3) is 0 Å². The molecular formula is C17H29ClN4O. The third kappa shape index (κ3) is 3.72. The number of hydrogen-bond acceptors (Lipinski definition) is 3. The van der Waals surface area contributed by atoms with Crippen molar-refractivity contribution in [1.82, 2.24) is 20.0 Å². The summed E-state index contributed by atoms with van der Waals surface area (Å²) in [4.78, 5) is 15.2. The summed E-state index contributed by atoms with van der Waals surface area (Å²) in [5, 5.41) is 7.67. The lowest BCUT2D eigenvalue weighted by atomic mass is 9.79. The Morgan fingerprint density at radius 3 is 2.91 bits per heavy atom. The summed E-state index contributed by atoms with van der Waals surface area (Å²) in [6, 6.07) is 0. The maximum absolute atomic E-state index is 13.1. The normalized spacial score (nSPS) is 31.0. The second kappa shape index (κ2) is 7.22. The number of amides is 1. The second-order valence-corrected chi connectivity index (χ2v) is 7.35. The zero-order valence-corrected chi connectivity index (χ0v) is 15.2. The molecule has 3 atom stereocenters. The molecule has 5 nitrogen and oxygen atoms in total. The van der Waals surface area contributed by atoms with Gasteiger partial charge in [-0.05, 0) is 30.2 Å². The van der Waals surface area contributed by atoms with Crippen LogP contribution in [0.2, 0.25) is 0 Å². The number of aryl methyl sites for hydroxylation is 1. The van der Waals surface area contributed by atoms with Crippen LogP contribution < -0.4 is 5.32 Å². The summed E-state index contributed by atoms with van der Waals surface area (Å²) in [5.74, 6) is 0.651. The lowest BCUT2D eigenvalue weighted by Gasteiger charge is -2.41. The van der Waals surface area contributed by atoms with Crippen molar-refractivity contribution in [2.75, 3.05) is 26.2 Å². The number of aromatic nitrogens is 2. The summed E-state index contributed by atoms with van der Waals surface area (Å²) in [6.45, 7) is 8.06. The molecule has 6 heteroatoms. The van der Waals surface area contributed by atoms with E-state index in [1.54, 1.807) is 0 Å². The number of carbonyl (C=O) groups is 1. The van der Waals surface area contributed by atoms with Gasteiger partial charge in [0.05, 0.1) is 12.1 Å². The highest BCUT2D eigenvalue weighted by Gasteiger charge is 2.40. The summed E-state index contributed by atoms with van der Waals surface area (Å²) in [7, 11) is 1.93. The summed E-state index contributed by atoms with van der Waals surface area (Å²) in [6.07, 6.45) is 7.47. The van der Waals surface area contributed by atoms with E-state index in [4.69, 9.17) is 0 Å². The van der Waals surface area contributed by atoms with Gasteiger partial charge in [0.2, 0.25) is 5.91 Å². The van der Waals surface area contributed by atoms with Gasteiger partial charge in [0.15, 0.2) is 0 Å². The predicted molar refractivity (Wildman–Crippen MR) is 93.8 cm³/mol. The molecule has 1 unspecified atom stereocenters. The Kier molecular flexibility index (Phi) is 5.74. The molecule has 0 saturated carbocycles. The maximum Gasteiger partial charge on any atom is 0.227 e. The first-order chi connectivity index (χ1) is 10.5. The molecule has 0 aliphatic carbocycles. The molecule has 1 N–H and O–H groups in total. The Bertz CT molecular complexity index is 546. The number of nitrogens with zero attached hydrogens (tertiary/aromatic N) is 3. The largest absolute Gasteiger partial charge is 0.342 e. The van der Waals surface area contributed by atoms with Crippen LogP contribution in [-0.4, -0.2) is 46.8 Å². The number of rotatable bonds is 3. The lowest BCUT2D eigenvalue weighted by molar-refractivity contribution is -0.138. The van der Waals surface area contributed by atoms with Crippen LogP contribution in [0, 0.1) is 11.3 Å². The fourth-order valence-electron chi connectivity index (χ4n) is 3.95. The number of halogens is 1.